The molecule has 2 nitrogen and oxygen atoms in total. The van der Waals surface area contributed by atoms with Gasteiger partial charge >= 0.3 is 0 Å². The molecule has 1 aromatic heterocycles. The molecule has 2 aromatic rings. The van der Waals surface area contributed by atoms with Crippen LogP contribution in [0.2, 0.25) is 10.0 Å². The van der Waals surface area contributed by atoms with Crippen LogP contribution in [0.3, 0.4) is 0 Å². The first kappa shape index (κ1) is 13.3. The van der Waals surface area contributed by atoms with E-state index < -0.39 is 5.82 Å². The molecule has 0 bridgehead atoms. The van der Waals surface area contributed by atoms with Gasteiger partial charge in [-0.2, -0.15) is 0 Å². The van der Waals surface area contributed by atoms with Gasteiger partial charge in [0, 0.05) is 10.9 Å². The largest absolute Gasteiger partial charge is 0.308 e. The van der Waals surface area contributed by atoms with Crippen molar-refractivity contribution in [2.45, 2.75) is 18.9 Å². The Morgan fingerprint density at radius 3 is 2.89 bits per heavy atom. The maximum Gasteiger partial charge on any atom is 0.142 e. The Balaban J connectivity index is 1.96. The molecule has 1 aliphatic heterocycles. The fraction of sp³-hybridized carbons (Fsp3) is 0.308. The molecule has 1 unspecified atom stereocenters. The molecule has 6 heteroatoms. The molecule has 1 fully saturated rings. The zero-order valence-corrected chi connectivity index (χ0v) is 12.2. The molecule has 100 valence electrons. The first-order valence-corrected chi connectivity index (χ1v) is 7.62. The van der Waals surface area contributed by atoms with Gasteiger partial charge in [-0.1, -0.05) is 23.2 Å². The summed E-state index contributed by atoms with van der Waals surface area (Å²) < 4.78 is 13.5. The molecule has 1 atom stereocenters. The van der Waals surface area contributed by atoms with Crippen LogP contribution in [0.5, 0.6) is 0 Å². The quantitative estimate of drug-likeness (QED) is 0.814. The van der Waals surface area contributed by atoms with Gasteiger partial charge in [0.05, 0.1) is 21.8 Å². The van der Waals surface area contributed by atoms with Crippen LogP contribution in [0.25, 0.3) is 11.3 Å². The number of thiazole rings is 1. The van der Waals surface area contributed by atoms with Gasteiger partial charge in [-0.15, -0.1) is 11.3 Å². The van der Waals surface area contributed by atoms with Gasteiger partial charge < -0.3 is 5.32 Å². The molecule has 1 aliphatic rings. The summed E-state index contributed by atoms with van der Waals surface area (Å²) in [5, 5.41) is 6.77. The SMILES string of the molecule is Fc1cc(-c2csc(C3CCCN3)n2)c(Cl)cc1Cl. The number of nitrogens with one attached hydrogen (secondary N) is 1. The number of nitrogens with zero attached hydrogens (tertiary/aromatic N) is 1. The topological polar surface area (TPSA) is 24.9 Å². The van der Waals surface area contributed by atoms with Crippen molar-refractivity contribution in [2.75, 3.05) is 6.54 Å². The summed E-state index contributed by atoms with van der Waals surface area (Å²) in [6.45, 7) is 1.02. The van der Waals surface area contributed by atoms with Crippen molar-refractivity contribution in [2.24, 2.45) is 0 Å². The Morgan fingerprint density at radius 1 is 1.32 bits per heavy atom. The zero-order chi connectivity index (χ0) is 13.4. The third kappa shape index (κ3) is 2.63. The van der Waals surface area contributed by atoms with Gasteiger partial charge in [-0.25, -0.2) is 9.37 Å². The minimum Gasteiger partial charge on any atom is -0.308 e. The van der Waals surface area contributed by atoms with E-state index in [9.17, 15) is 4.39 Å². The second-order valence-corrected chi connectivity index (χ2v) is 6.17. The molecule has 2 heterocycles. The fourth-order valence-electron chi connectivity index (χ4n) is 2.19. The molecule has 19 heavy (non-hydrogen) atoms. The van der Waals surface area contributed by atoms with Crippen LogP contribution in [-0.2, 0) is 0 Å². The summed E-state index contributed by atoms with van der Waals surface area (Å²) in [4.78, 5) is 4.56. The average molecular weight is 317 g/mol. The Morgan fingerprint density at radius 2 is 2.16 bits per heavy atom. The molecule has 0 amide bonds. The van der Waals surface area contributed by atoms with Crippen molar-refractivity contribution in [3.63, 3.8) is 0 Å². The molecule has 3 rings (SSSR count). The van der Waals surface area contributed by atoms with E-state index in [0.29, 0.717) is 22.3 Å². The molecule has 0 spiro atoms. The lowest BCUT2D eigenvalue weighted by atomic mass is 10.1. The summed E-state index contributed by atoms with van der Waals surface area (Å²) in [7, 11) is 0. The molecule has 1 N–H and O–H groups in total. The first-order valence-electron chi connectivity index (χ1n) is 5.99. The van der Waals surface area contributed by atoms with Crippen LogP contribution in [0.1, 0.15) is 23.9 Å². The van der Waals surface area contributed by atoms with Crippen LogP contribution >= 0.6 is 34.5 Å². The van der Waals surface area contributed by atoms with E-state index in [2.05, 4.69) is 10.3 Å². The maximum absolute atomic E-state index is 13.5. The van der Waals surface area contributed by atoms with Crippen molar-refractivity contribution < 1.29 is 4.39 Å². The lowest BCUT2D eigenvalue weighted by Gasteiger charge is -2.05. The van der Waals surface area contributed by atoms with Crippen molar-refractivity contribution in [3.05, 3.63) is 38.4 Å². The zero-order valence-electron chi connectivity index (χ0n) is 9.92. The predicted octanol–water partition coefficient (Wildman–Crippen LogP) is 4.68. The van der Waals surface area contributed by atoms with Crippen LogP contribution in [-0.4, -0.2) is 11.5 Å². The van der Waals surface area contributed by atoms with Crippen molar-refractivity contribution >= 4 is 34.5 Å². The molecular weight excluding hydrogens is 306 g/mol. The van der Waals surface area contributed by atoms with Gasteiger partial charge in [0.2, 0.25) is 0 Å². The summed E-state index contributed by atoms with van der Waals surface area (Å²) in [5.41, 5.74) is 1.29. The molecule has 0 radical (unpaired) electrons. The molecular formula is C13H11Cl2FN2S. The summed E-state index contributed by atoms with van der Waals surface area (Å²) in [6, 6.07) is 3.07. The van der Waals surface area contributed by atoms with E-state index in [1.54, 1.807) is 11.3 Å². The molecule has 1 saturated heterocycles. The van der Waals surface area contributed by atoms with Gasteiger partial charge in [-0.05, 0) is 31.5 Å². The second kappa shape index (κ2) is 5.37. The molecule has 0 aliphatic carbocycles. The standard InChI is InChI=1S/C13H11Cl2FN2S/c14-8-5-9(15)10(16)4-7(8)12-6-19-13(18-12)11-2-1-3-17-11/h4-6,11,17H,1-3H2. The highest BCUT2D eigenvalue weighted by Gasteiger charge is 2.20. The van der Waals surface area contributed by atoms with E-state index in [1.165, 1.54) is 12.1 Å². The Bertz CT molecular complexity index is 609. The fourth-order valence-corrected chi connectivity index (χ4v) is 3.59. The Hall–Kier alpha value is -0.680. The minimum atomic E-state index is -0.477. The molecule has 1 aromatic carbocycles. The van der Waals surface area contributed by atoms with E-state index in [4.69, 9.17) is 23.2 Å². The highest BCUT2D eigenvalue weighted by molar-refractivity contribution is 7.10. The summed E-state index contributed by atoms with van der Waals surface area (Å²) >= 11 is 13.4. The monoisotopic (exact) mass is 316 g/mol. The maximum atomic E-state index is 13.5. The first-order chi connectivity index (χ1) is 9.15. The van der Waals surface area contributed by atoms with Crippen molar-refractivity contribution in [1.29, 1.82) is 0 Å². The Kier molecular flexibility index (Phi) is 3.76. The number of rotatable bonds is 2. The van der Waals surface area contributed by atoms with Gasteiger partial charge in [0.25, 0.3) is 0 Å². The van der Waals surface area contributed by atoms with Crippen LogP contribution in [0.4, 0.5) is 4.39 Å². The number of aromatic nitrogens is 1. The smallest absolute Gasteiger partial charge is 0.142 e. The van der Waals surface area contributed by atoms with Crippen molar-refractivity contribution in [1.82, 2.24) is 10.3 Å². The van der Waals surface area contributed by atoms with Crippen LogP contribution in [0, 0.1) is 5.82 Å². The average Bonchev–Trinajstić information content (AvgIpc) is 3.03. The van der Waals surface area contributed by atoms with E-state index in [1.807, 2.05) is 5.38 Å². The van der Waals surface area contributed by atoms with Gasteiger partial charge in [0.1, 0.15) is 10.8 Å². The third-order valence-corrected chi connectivity index (χ3v) is 4.73. The van der Waals surface area contributed by atoms with E-state index in [-0.39, 0.29) is 5.02 Å². The highest BCUT2D eigenvalue weighted by atomic mass is 35.5. The van der Waals surface area contributed by atoms with Gasteiger partial charge in [-0.3, -0.25) is 0 Å². The van der Waals surface area contributed by atoms with E-state index in [0.717, 1.165) is 24.4 Å². The summed E-state index contributed by atoms with van der Waals surface area (Å²) in [6.07, 6.45) is 2.26. The van der Waals surface area contributed by atoms with Crippen LogP contribution < -0.4 is 5.32 Å². The minimum absolute atomic E-state index is 0.0293. The third-order valence-electron chi connectivity index (χ3n) is 3.17. The number of hydrogen-bond acceptors (Lipinski definition) is 3. The van der Waals surface area contributed by atoms with Crippen LogP contribution in [0.15, 0.2) is 17.5 Å². The summed E-state index contributed by atoms with van der Waals surface area (Å²) in [5.74, 6) is -0.477. The number of benzene rings is 1. The Labute approximate surface area is 124 Å². The van der Waals surface area contributed by atoms with Gasteiger partial charge in [0.15, 0.2) is 0 Å². The molecule has 0 saturated carbocycles. The lowest BCUT2D eigenvalue weighted by molar-refractivity contribution is 0.628. The predicted molar refractivity (Wildman–Crippen MR) is 77.5 cm³/mol. The number of hydrogen-bond donors (Lipinski definition) is 1. The van der Waals surface area contributed by atoms with Crippen molar-refractivity contribution in [3.8, 4) is 11.3 Å². The normalized spacial score (nSPS) is 19.0. The highest BCUT2D eigenvalue weighted by Crippen LogP contribution is 2.35. The number of halogens is 3. The second-order valence-electron chi connectivity index (χ2n) is 4.47. The van der Waals surface area contributed by atoms with E-state index >= 15 is 0 Å². The lowest BCUT2D eigenvalue weighted by Crippen LogP contribution is -2.12.